The Kier molecular flexibility index (Phi) is 5.04. The molecule has 0 fully saturated rings. The highest BCUT2D eigenvalue weighted by atomic mass is 16.5. The number of methoxy groups -OCH3 is 1. The summed E-state index contributed by atoms with van der Waals surface area (Å²) in [4.78, 5) is 16.9. The molecule has 146 valence electrons. The van der Waals surface area contributed by atoms with E-state index in [9.17, 15) is 4.79 Å². The summed E-state index contributed by atoms with van der Waals surface area (Å²) in [5.41, 5.74) is 6.49. The maximum absolute atomic E-state index is 12.3. The summed E-state index contributed by atoms with van der Waals surface area (Å²) in [7, 11) is 1.58. The molecule has 0 saturated carbocycles. The van der Waals surface area contributed by atoms with Crippen molar-refractivity contribution in [3.8, 4) is 17.2 Å². The van der Waals surface area contributed by atoms with Gasteiger partial charge in [-0.2, -0.15) is 0 Å². The van der Waals surface area contributed by atoms with Crippen molar-refractivity contribution in [1.29, 1.82) is 0 Å². The average molecular weight is 386 g/mol. The SMILES string of the molecule is COc1cccc(C(=O)NCc2ccc(-c3nc4cc(C)c(C)cc4o3)cc2)c1. The van der Waals surface area contributed by atoms with Gasteiger partial charge in [0.05, 0.1) is 7.11 Å². The molecule has 0 saturated heterocycles. The molecule has 4 rings (SSSR count). The van der Waals surface area contributed by atoms with Gasteiger partial charge in [0, 0.05) is 17.7 Å². The monoisotopic (exact) mass is 386 g/mol. The van der Waals surface area contributed by atoms with E-state index >= 15 is 0 Å². The van der Waals surface area contributed by atoms with Gasteiger partial charge in [-0.1, -0.05) is 18.2 Å². The number of amides is 1. The van der Waals surface area contributed by atoms with E-state index in [2.05, 4.69) is 24.1 Å². The minimum absolute atomic E-state index is 0.141. The van der Waals surface area contributed by atoms with E-state index in [-0.39, 0.29) is 5.91 Å². The van der Waals surface area contributed by atoms with Crippen LogP contribution in [0.25, 0.3) is 22.6 Å². The van der Waals surface area contributed by atoms with Gasteiger partial charge in [0.25, 0.3) is 5.91 Å². The number of hydrogen-bond donors (Lipinski definition) is 1. The molecule has 0 atom stereocenters. The van der Waals surface area contributed by atoms with E-state index in [1.165, 1.54) is 11.1 Å². The van der Waals surface area contributed by atoms with Crippen LogP contribution >= 0.6 is 0 Å². The number of nitrogens with one attached hydrogen (secondary N) is 1. The predicted octanol–water partition coefficient (Wildman–Crippen LogP) is 5.05. The molecule has 0 aliphatic carbocycles. The molecule has 1 N–H and O–H groups in total. The normalized spacial score (nSPS) is 10.9. The summed E-state index contributed by atoms with van der Waals surface area (Å²) < 4.78 is 11.1. The first-order valence-electron chi connectivity index (χ1n) is 9.43. The zero-order valence-corrected chi connectivity index (χ0v) is 16.7. The van der Waals surface area contributed by atoms with Crippen molar-refractivity contribution in [2.45, 2.75) is 20.4 Å². The summed E-state index contributed by atoms with van der Waals surface area (Å²) in [6.45, 7) is 4.56. The van der Waals surface area contributed by atoms with Gasteiger partial charge in [-0.25, -0.2) is 4.98 Å². The minimum Gasteiger partial charge on any atom is -0.497 e. The highest BCUT2D eigenvalue weighted by Crippen LogP contribution is 2.26. The quantitative estimate of drug-likeness (QED) is 0.521. The molecule has 0 unspecified atom stereocenters. The lowest BCUT2D eigenvalue weighted by Gasteiger charge is -2.07. The first kappa shape index (κ1) is 18.7. The minimum atomic E-state index is -0.141. The first-order chi connectivity index (χ1) is 14.0. The molecule has 0 bridgehead atoms. The smallest absolute Gasteiger partial charge is 0.251 e. The van der Waals surface area contributed by atoms with Gasteiger partial charge in [-0.3, -0.25) is 4.79 Å². The van der Waals surface area contributed by atoms with E-state index in [1.54, 1.807) is 25.3 Å². The largest absolute Gasteiger partial charge is 0.497 e. The molecule has 4 aromatic rings. The fraction of sp³-hybridized carbons (Fsp3) is 0.167. The Morgan fingerprint density at radius 1 is 1.03 bits per heavy atom. The summed E-state index contributed by atoms with van der Waals surface area (Å²) >= 11 is 0. The van der Waals surface area contributed by atoms with Crippen LogP contribution in [0.1, 0.15) is 27.0 Å². The molecule has 0 spiro atoms. The van der Waals surface area contributed by atoms with Crippen LogP contribution in [0.15, 0.2) is 65.1 Å². The van der Waals surface area contributed by atoms with Crippen molar-refractivity contribution >= 4 is 17.0 Å². The Morgan fingerprint density at radius 3 is 2.55 bits per heavy atom. The molecule has 1 aromatic heterocycles. The molecule has 0 radical (unpaired) electrons. The number of aryl methyl sites for hydroxylation is 2. The van der Waals surface area contributed by atoms with E-state index in [4.69, 9.17) is 9.15 Å². The molecule has 0 aliphatic heterocycles. The van der Waals surface area contributed by atoms with E-state index < -0.39 is 0 Å². The van der Waals surface area contributed by atoms with E-state index in [0.717, 1.165) is 22.2 Å². The Balaban J connectivity index is 1.46. The lowest BCUT2D eigenvalue weighted by molar-refractivity contribution is 0.0950. The number of carbonyl (C=O) groups is 1. The number of aromatic nitrogens is 1. The number of ether oxygens (including phenoxy) is 1. The Hall–Kier alpha value is -3.60. The number of nitrogens with zero attached hydrogens (tertiary/aromatic N) is 1. The summed E-state index contributed by atoms with van der Waals surface area (Å²) in [5, 5.41) is 2.93. The fourth-order valence-electron chi connectivity index (χ4n) is 3.12. The second-order valence-electron chi connectivity index (χ2n) is 7.03. The van der Waals surface area contributed by atoms with Crippen LogP contribution in [-0.4, -0.2) is 18.0 Å². The summed E-state index contributed by atoms with van der Waals surface area (Å²) in [5.74, 6) is 1.11. The van der Waals surface area contributed by atoms with Crippen molar-refractivity contribution in [3.63, 3.8) is 0 Å². The van der Waals surface area contributed by atoms with Crippen molar-refractivity contribution in [2.24, 2.45) is 0 Å². The average Bonchev–Trinajstić information content (AvgIpc) is 3.15. The molecule has 5 nitrogen and oxygen atoms in total. The lowest BCUT2D eigenvalue weighted by Crippen LogP contribution is -2.22. The van der Waals surface area contributed by atoms with Gasteiger partial charge in [-0.15, -0.1) is 0 Å². The van der Waals surface area contributed by atoms with Gasteiger partial charge < -0.3 is 14.5 Å². The lowest BCUT2D eigenvalue weighted by atomic mass is 10.1. The van der Waals surface area contributed by atoms with Crippen molar-refractivity contribution in [3.05, 3.63) is 82.9 Å². The topological polar surface area (TPSA) is 64.4 Å². The fourth-order valence-corrected chi connectivity index (χ4v) is 3.12. The predicted molar refractivity (Wildman–Crippen MR) is 113 cm³/mol. The number of fused-ring (bicyclic) bond motifs is 1. The van der Waals surface area contributed by atoms with Gasteiger partial charge in [0.1, 0.15) is 11.3 Å². The van der Waals surface area contributed by atoms with E-state index in [1.807, 2.05) is 42.5 Å². The third kappa shape index (κ3) is 3.99. The molecular formula is C24H22N2O3. The zero-order chi connectivity index (χ0) is 20.4. The molecule has 1 heterocycles. The Labute approximate surface area is 169 Å². The third-order valence-electron chi connectivity index (χ3n) is 4.99. The van der Waals surface area contributed by atoms with Crippen molar-refractivity contribution < 1.29 is 13.9 Å². The number of hydrogen-bond acceptors (Lipinski definition) is 4. The number of rotatable bonds is 5. The maximum atomic E-state index is 12.3. The van der Waals surface area contributed by atoms with Gasteiger partial charge in [-0.05, 0) is 73.0 Å². The second kappa shape index (κ2) is 7.80. The molecule has 0 aliphatic rings. The van der Waals surface area contributed by atoms with Crippen LogP contribution < -0.4 is 10.1 Å². The van der Waals surface area contributed by atoms with Crippen molar-refractivity contribution in [1.82, 2.24) is 10.3 Å². The van der Waals surface area contributed by atoms with Gasteiger partial charge >= 0.3 is 0 Å². The molecule has 3 aromatic carbocycles. The van der Waals surface area contributed by atoms with Crippen molar-refractivity contribution in [2.75, 3.05) is 7.11 Å². The standard InChI is InChI=1S/C24H22N2O3/c1-15-11-21-22(12-16(15)2)29-24(26-21)18-9-7-17(8-10-18)14-25-23(27)19-5-4-6-20(13-19)28-3/h4-13H,14H2,1-3H3,(H,25,27). The number of benzene rings is 3. The Bertz CT molecular complexity index is 1140. The van der Waals surface area contributed by atoms with Crippen LogP contribution in [0.2, 0.25) is 0 Å². The molecule has 5 heteroatoms. The summed E-state index contributed by atoms with van der Waals surface area (Å²) in [6.07, 6.45) is 0. The maximum Gasteiger partial charge on any atom is 0.251 e. The van der Waals surface area contributed by atoms with Gasteiger partial charge in [0.15, 0.2) is 5.58 Å². The number of carbonyl (C=O) groups excluding carboxylic acids is 1. The molecule has 1 amide bonds. The number of oxazole rings is 1. The summed E-state index contributed by atoms with van der Waals surface area (Å²) in [6, 6.07) is 19.0. The van der Waals surface area contributed by atoms with Crippen LogP contribution in [0, 0.1) is 13.8 Å². The van der Waals surface area contributed by atoms with Crippen LogP contribution in [0.3, 0.4) is 0 Å². The highest BCUT2D eigenvalue weighted by Gasteiger charge is 2.10. The second-order valence-corrected chi connectivity index (χ2v) is 7.03. The zero-order valence-electron chi connectivity index (χ0n) is 16.7. The van der Waals surface area contributed by atoms with Crippen LogP contribution in [0.4, 0.5) is 0 Å². The Morgan fingerprint density at radius 2 is 1.79 bits per heavy atom. The molecule has 29 heavy (non-hydrogen) atoms. The highest BCUT2D eigenvalue weighted by molar-refractivity contribution is 5.94. The van der Waals surface area contributed by atoms with E-state index in [0.29, 0.717) is 23.7 Å². The first-order valence-corrected chi connectivity index (χ1v) is 9.43. The molecular weight excluding hydrogens is 364 g/mol. The van der Waals surface area contributed by atoms with Crippen LogP contribution in [-0.2, 0) is 6.54 Å². The third-order valence-corrected chi connectivity index (χ3v) is 4.99. The van der Waals surface area contributed by atoms with Crippen LogP contribution in [0.5, 0.6) is 5.75 Å². The van der Waals surface area contributed by atoms with Gasteiger partial charge in [0.2, 0.25) is 5.89 Å².